The van der Waals surface area contributed by atoms with Crippen LogP contribution in [0, 0.1) is 0 Å². The highest BCUT2D eigenvalue weighted by molar-refractivity contribution is 6.33. The minimum atomic E-state index is -0.395. The number of anilines is 2. The summed E-state index contributed by atoms with van der Waals surface area (Å²) in [7, 11) is 0. The largest absolute Gasteiger partial charge is 0.368 e. The molecule has 2 aromatic heterocycles. The number of carbonyl (C=O) groups is 1. The third-order valence-electron chi connectivity index (χ3n) is 2.92. The van der Waals surface area contributed by atoms with E-state index in [1.165, 1.54) is 6.20 Å². The van der Waals surface area contributed by atoms with Crippen LogP contribution in [0.2, 0.25) is 5.02 Å². The number of halogens is 1. The number of nitrogen functional groups attached to an aromatic ring is 1. The molecular formula is C15H11ClN6O. The minimum absolute atomic E-state index is 0.0172. The number of hydrogen-bond donors (Lipinski definition) is 2. The number of rotatable bonds is 3. The predicted octanol–water partition coefficient (Wildman–Crippen LogP) is 2.42. The number of carbonyl (C=O) groups excluding carboxylic acids is 1. The molecule has 0 unspecified atom stereocenters. The Morgan fingerprint density at radius 1 is 1.09 bits per heavy atom. The van der Waals surface area contributed by atoms with Gasteiger partial charge in [0.05, 0.1) is 10.6 Å². The van der Waals surface area contributed by atoms with E-state index in [1.54, 1.807) is 42.6 Å². The third kappa shape index (κ3) is 3.41. The molecule has 2 heterocycles. The highest BCUT2D eigenvalue weighted by atomic mass is 35.5. The van der Waals surface area contributed by atoms with Crippen molar-refractivity contribution in [2.45, 2.75) is 0 Å². The number of nitrogens with one attached hydrogen (secondary N) is 1. The molecule has 0 fully saturated rings. The van der Waals surface area contributed by atoms with E-state index in [1.807, 2.05) is 0 Å². The summed E-state index contributed by atoms with van der Waals surface area (Å²) in [5.41, 5.74) is 6.67. The Morgan fingerprint density at radius 2 is 1.91 bits per heavy atom. The first kappa shape index (κ1) is 14.9. The smallest absolute Gasteiger partial charge is 0.259 e. The fraction of sp³-hybridized carbons (Fsp3) is 0. The highest BCUT2D eigenvalue weighted by Crippen LogP contribution is 2.25. The van der Waals surface area contributed by atoms with E-state index >= 15 is 0 Å². The van der Waals surface area contributed by atoms with Crippen molar-refractivity contribution >= 4 is 29.4 Å². The second-order valence-electron chi connectivity index (χ2n) is 4.52. The fourth-order valence-corrected chi connectivity index (χ4v) is 2.10. The van der Waals surface area contributed by atoms with E-state index in [2.05, 4.69) is 25.3 Å². The van der Waals surface area contributed by atoms with Gasteiger partial charge in [-0.2, -0.15) is 15.0 Å². The zero-order chi connectivity index (χ0) is 16.2. The van der Waals surface area contributed by atoms with Crippen LogP contribution in [0.25, 0.3) is 11.4 Å². The lowest BCUT2D eigenvalue weighted by Gasteiger charge is -2.07. The van der Waals surface area contributed by atoms with Gasteiger partial charge < -0.3 is 5.73 Å². The Hall–Kier alpha value is -3.06. The van der Waals surface area contributed by atoms with E-state index < -0.39 is 5.91 Å². The van der Waals surface area contributed by atoms with Gasteiger partial charge >= 0.3 is 0 Å². The van der Waals surface area contributed by atoms with Crippen molar-refractivity contribution in [3.63, 3.8) is 0 Å². The Labute approximate surface area is 136 Å². The van der Waals surface area contributed by atoms with Crippen molar-refractivity contribution in [2.75, 3.05) is 11.1 Å². The van der Waals surface area contributed by atoms with Crippen LogP contribution in [-0.4, -0.2) is 25.8 Å². The molecule has 0 bridgehead atoms. The Balaban J connectivity index is 1.92. The van der Waals surface area contributed by atoms with E-state index in [9.17, 15) is 4.79 Å². The maximum atomic E-state index is 12.1. The van der Waals surface area contributed by atoms with Crippen LogP contribution < -0.4 is 11.1 Å². The minimum Gasteiger partial charge on any atom is -0.368 e. The number of aromatic nitrogens is 4. The quantitative estimate of drug-likeness (QED) is 0.765. The average molecular weight is 327 g/mol. The van der Waals surface area contributed by atoms with Gasteiger partial charge in [0.2, 0.25) is 11.9 Å². The lowest BCUT2D eigenvalue weighted by atomic mass is 10.2. The Bertz CT molecular complexity index is 856. The maximum absolute atomic E-state index is 12.1. The second kappa shape index (κ2) is 6.37. The van der Waals surface area contributed by atoms with Crippen molar-refractivity contribution < 1.29 is 4.79 Å². The van der Waals surface area contributed by atoms with Crippen molar-refractivity contribution in [3.8, 4) is 11.4 Å². The first-order valence-corrected chi connectivity index (χ1v) is 6.99. The molecular weight excluding hydrogens is 316 g/mol. The van der Waals surface area contributed by atoms with Crippen LogP contribution >= 0.6 is 11.6 Å². The summed E-state index contributed by atoms with van der Waals surface area (Å²) in [5, 5.41) is 3.04. The summed E-state index contributed by atoms with van der Waals surface area (Å²) >= 11 is 6.13. The molecule has 0 radical (unpaired) electrons. The number of nitrogens with zero attached hydrogens (tertiary/aromatic N) is 4. The topological polar surface area (TPSA) is 107 Å². The molecule has 0 aliphatic carbocycles. The summed E-state index contributed by atoms with van der Waals surface area (Å²) in [4.78, 5) is 28.2. The highest BCUT2D eigenvalue weighted by Gasteiger charge is 2.13. The number of hydrogen-bond acceptors (Lipinski definition) is 6. The normalized spacial score (nSPS) is 10.3. The zero-order valence-corrected chi connectivity index (χ0v) is 12.5. The van der Waals surface area contributed by atoms with Crippen LogP contribution in [0.5, 0.6) is 0 Å². The van der Waals surface area contributed by atoms with Gasteiger partial charge in [-0.15, -0.1) is 0 Å². The lowest BCUT2D eigenvalue weighted by Crippen LogP contribution is -2.16. The van der Waals surface area contributed by atoms with E-state index in [0.717, 1.165) is 0 Å². The molecule has 0 saturated carbocycles. The summed E-state index contributed by atoms with van der Waals surface area (Å²) < 4.78 is 0. The number of pyridine rings is 1. The van der Waals surface area contributed by atoms with Crippen molar-refractivity contribution in [1.29, 1.82) is 0 Å². The van der Waals surface area contributed by atoms with Gasteiger partial charge in [-0.1, -0.05) is 23.7 Å². The molecule has 114 valence electrons. The monoisotopic (exact) mass is 326 g/mol. The molecule has 0 aliphatic rings. The van der Waals surface area contributed by atoms with Crippen LogP contribution in [0.4, 0.5) is 11.9 Å². The third-order valence-corrected chi connectivity index (χ3v) is 3.25. The van der Waals surface area contributed by atoms with E-state index in [4.69, 9.17) is 17.3 Å². The summed E-state index contributed by atoms with van der Waals surface area (Å²) in [6, 6.07) is 10.3. The Kier molecular flexibility index (Phi) is 4.11. The van der Waals surface area contributed by atoms with Gasteiger partial charge in [0.1, 0.15) is 0 Å². The number of amides is 1. The predicted molar refractivity (Wildman–Crippen MR) is 86.9 cm³/mol. The molecule has 0 spiro atoms. The molecule has 1 amide bonds. The van der Waals surface area contributed by atoms with E-state index in [0.29, 0.717) is 16.1 Å². The van der Waals surface area contributed by atoms with Crippen LogP contribution in [0.15, 0.2) is 48.8 Å². The molecule has 7 nitrogen and oxygen atoms in total. The Morgan fingerprint density at radius 3 is 2.65 bits per heavy atom. The average Bonchev–Trinajstić information content (AvgIpc) is 2.55. The molecule has 23 heavy (non-hydrogen) atoms. The summed E-state index contributed by atoms with van der Waals surface area (Å²) in [6.07, 6.45) is 3.02. The van der Waals surface area contributed by atoms with Gasteiger partial charge in [-0.3, -0.25) is 15.1 Å². The van der Waals surface area contributed by atoms with Gasteiger partial charge in [-0.05, 0) is 24.3 Å². The van der Waals surface area contributed by atoms with Crippen LogP contribution in [-0.2, 0) is 0 Å². The summed E-state index contributed by atoms with van der Waals surface area (Å²) in [6.45, 7) is 0. The SMILES string of the molecule is Nc1nc(NC(=O)c2cccnc2)nc(-c2ccccc2Cl)n1. The van der Waals surface area contributed by atoms with Gasteiger partial charge in [0, 0.05) is 18.0 Å². The van der Waals surface area contributed by atoms with Gasteiger partial charge in [-0.25, -0.2) is 0 Å². The molecule has 8 heteroatoms. The van der Waals surface area contributed by atoms with Gasteiger partial charge in [0.25, 0.3) is 5.91 Å². The first-order chi connectivity index (χ1) is 11.1. The van der Waals surface area contributed by atoms with Crippen LogP contribution in [0.1, 0.15) is 10.4 Å². The van der Waals surface area contributed by atoms with Crippen LogP contribution in [0.3, 0.4) is 0 Å². The first-order valence-electron chi connectivity index (χ1n) is 6.61. The second-order valence-corrected chi connectivity index (χ2v) is 4.92. The van der Waals surface area contributed by atoms with Gasteiger partial charge in [0.15, 0.2) is 5.82 Å². The standard InChI is InChI=1S/C15H11ClN6O/c16-11-6-2-1-5-10(11)12-19-14(17)22-15(20-12)21-13(23)9-4-3-7-18-8-9/h1-8H,(H3,17,19,20,21,22,23). The maximum Gasteiger partial charge on any atom is 0.259 e. The van der Waals surface area contributed by atoms with E-state index in [-0.39, 0.29) is 17.7 Å². The lowest BCUT2D eigenvalue weighted by molar-refractivity contribution is 0.102. The molecule has 1 aromatic carbocycles. The molecule has 3 aromatic rings. The fourth-order valence-electron chi connectivity index (χ4n) is 1.88. The molecule has 0 aliphatic heterocycles. The zero-order valence-electron chi connectivity index (χ0n) is 11.8. The number of benzene rings is 1. The van der Waals surface area contributed by atoms with Crippen molar-refractivity contribution in [2.24, 2.45) is 0 Å². The summed E-state index contributed by atoms with van der Waals surface area (Å²) in [5.74, 6) is -0.0870. The molecule has 0 saturated heterocycles. The van der Waals surface area contributed by atoms with Crippen molar-refractivity contribution in [3.05, 3.63) is 59.4 Å². The number of nitrogens with two attached hydrogens (primary N) is 1. The molecule has 3 rings (SSSR count). The molecule has 3 N–H and O–H groups in total. The molecule has 0 atom stereocenters. The van der Waals surface area contributed by atoms with Crippen molar-refractivity contribution in [1.82, 2.24) is 19.9 Å².